The van der Waals surface area contributed by atoms with E-state index >= 15 is 0 Å². The number of rotatable bonds is 5. The molecule has 130 valence electrons. The molecule has 1 N–H and O–H groups in total. The average molecular weight is 340 g/mol. The van der Waals surface area contributed by atoms with Crippen LogP contribution >= 0.6 is 0 Å². The number of halogens is 3. The van der Waals surface area contributed by atoms with E-state index < -0.39 is 17.6 Å². The lowest BCUT2D eigenvalue weighted by Crippen LogP contribution is -2.34. The maximum atomic E-state index is 12.9. The Morgan fingerprint density at radius 1 is 1.21 bits per heavy atom. The SMILES string of the molecule is CCOC(=O)c1cc(-c2ccc(CC(C)(C)C(F)(F)F)cc2)n[nH]1. The van der Waals surface area contributed by atoms with Gasteiger partial charge in [0.05, 0.1) is 17.7 Å². The van der Waals surface area contributed by atoms with Crippen LogP contribution in [0.15, 0.2) is 30.3 Å². The van der Waals surface area contributed by atoms with E-state index in [9.17, 15) is 18.0 Å². The van der Waals surface area contributed by atoms with Gasteiger partial charge < -0.3 is 4.74 Å². The van der Waals surface area contributed by atoms with Gasteiger partial charge in [-0.05, 0) is 25.0 Å². The van der Waals surface area contributed by atoms with Gasteiger partial charge in [0.2, 0.25) is 0 Å². The lowest BCUT2D eigenvalue weighted by molar-refractivity contribution is -0.211. The highest BCUT2D eigenvalue weighted by molar-refractivity contribution is 5.88. The molecular formula is C17H19F3N2O2. The number of ether oxygens (including phenoxy) is 1. The number of H-pyrrole nitrogens is 1. The summed E-state index contributed by atoms with van der Waals surface area (Å²) in [6.07, 6.45) is -4.37. The van der Waals surface area contributed by atoms with E-state index in [4.69, 9.17) is 4.74 Å². The number of carbonyl (C=O) groups is 1. The van der Waals surface area contributed by atoms with Crippen LogP contribution in [0.3, 0.4) is 0 Å². The Balaban J connectivity index is 2.14. The van der Waals surface area contributed by atoms with Crippen molar-refractivity contribution in [2.24, 2.45) is 5.41 Å². The molecule has 0 radical (unpaired) electrons. The van der Waals surface area contributed by atoms with Crippen LogP contribution in [0.4, 0.5) is 13.2 Å². The predicted molar refractivity (Wildman–Crippen MR) is 83.5 cm³/mol. The van der Waals surface area contributed by atoms with Crippen molar-refractivity contribution >= 4 is 5.97 Å². The Morgan fingerprint density at radius 2 is 1.83 bits per heavy atom. The molecule has 0 bridgehead atoms. The van der Waals surface area contributed by atoms with E-state index in [1.54, 1.807) is 37.3 Å². The maximum Gasteiger partial charge on any atom is 0.394 e. The Bertz CT molecular complexity index is 703. The van der Waals surface area contributed by atoms with Crippen LogP contribution in [0.5, 0.6) is 0 Å². The molecule has 0 amide bonds. The molecule has 0 aliphatic carbocycles. The molecule has 1 aromatic carbocycles. The molecule has 24 heavy (non-hydrogen) atoms. The third kappa shape index (κ3) is 3.96. The lowest BCUT2D eigenvalue weighted by Gasteiger charge is -2.27. The van der Waals surface area contributed by atoms with Crippen LogP contribution in [0, 0.1) is 5.41 Å². The monoisotopic (exact) mass is 340 g/mol. The number of nitrogens with zero attached hydrogens (tertiary/aromatic N) is 1. The zero-order valence-corrected chi connectivity index (χ0v) is 13.7. The highest BCUT2D eigenvalue weighted by Crippen LogP contribution is 2.40. The van der Waals surface area contributed by atoms with Gasteiger partial charge in [-0.3, -0.25) is 5.10 Å². The van der Waals surface area contributed by atoms with Crippen LogP contribution in [0.25, 0.3) is 11.3 Å². The summed E-state index contributed by atoms with van der Waals surface area (Å²) >= 11 is 0. The van der Waals surface area contributed by atoms with Gasteiger partial charge in [0.15, 0.2) is 0 Å². The molecule has 0 saturated heterocycles. The summed E-state index contributed by atoms with van der Waals surface area (Å²) in [7, 11) is 0. The molecule has 2 rings (SSSR count). The Kier molecular flexibility index (Phi) is 5.01. The van der Waals surface area contributed by atoms with Crippen molar-refractivity contribution in [2.45, 2.75) is 33.4 Å². The molecule has 2 aromatic rings. The number of benzene rings is 1. The van der Waals surface area contributed by atoms with Crippen molar-refractivity contribution < 1.29 is 22.7 Å². The molecule has 0 aliphatic rings. The van der Waals surface area contributed by atoms with Crippen LogP contribution in [-0.4, -0.2) is 28.9 Å². The van der Waals surface area contributed by atoms with Crippen molar-refractivity contribution in [3.05, 3.63) is 41.6 Å². The fourth-order valence-corrected chi connectivity index (χ4v) is 2.19. The molecular weight excluding hydrogens is 321 g/mol. The minimum Gasteiger partial charge on any atom is -0.461 e. The van der Waals surface area contributed by atoms with Gasteiger partial charge >= 0.3 is 12.1 Å². The number of esters is 1. The van der Waals surface area contributed by atoms with Crippen molar-refractivity contribution in [3.8, 4) is 11.3 Å². The first-order chi connectivity index (χ1) is 11.1. The fraction of sp³-hybridized carbons (Fsp3) is 0.412. The first-order valence-electron chi connectivity index (χ1n) is 7.52. The largest absolute Gasteiger partial charge is 0.461 e. The van der Waals surface area contributed by atoms with E-state index in [0.29, 0.717) is 16.8 Å². The topological polar surface area (TPSA) is 55.0 Å². The van der Waals surface area contributed by atoms with Crippen LogP contribution in [0.1, 0.15) is 36.8 Å². The van der Waals surface area contributed by atoms with Crippen LogP contribution in [0.2, 0.25) is 0 Å². The van der Waals surface area contributed by atoms with Gasteiger partial charge in [0.25, 0.3) is 0 Å². The molecule has 0 aliphatic heterocycles. The summed E-state index contributed by atoms with van der Waals surface area (Å²) < 4.78 is 43.7. The molecule has 0 saturated carbocycles. The summed E-state index contributed by atoms with van der Waals surface area (Å²) in [6.45, 7) is 4.33. The maximum absolute atomic E-state index is 12.9. The molecule has 0 spiro atoms. The summed E-state index contributed by atoms with van der Waals surface area (Å²) in [5, 5.41) is 6.62. The molecule has 1 aromatic heterocycles. The van der Waals surface area contributed by atoms with E-state index in [-0.39, 0.29) is 18.7 Å². The van der Waals surface area contributed by atoms with E-state index in [1.807, 2.05) is 0 Å². The second-order valence-electron chi connectivity index (χ2n) is 6.14. The number of nitrogens with one attached hydrogen (secondary N) is 1. The van der Waals surface area contributed by atoms with Crippen molar-refractivity contribution in [3.63, 3.8) is 0 Å². The van der Waals surface area contributed by atoms with E-state index in [1.165, 1.54) is 13.8 Å². The molecule has 0 atom stereocenters. The van der Waals surface area contributed by atoms with Crippen molar-refractivity contribution in [1.82, 2.24) is 10.2 Å². The van der Waals surface area contributed by atoms with Gasteiger partial charge in [0.1, 0.15) is 5.69 Å². The second-order valence-corrected chi connectivity index (χ2v) is 6.14. The zero-order chi connectivity index (χ0) is 18.0. The summed E-state index contributed by atoms with van der Waals surface area (Å²) in [5.41, 5.74) is 0.254. The number of hydrogen-bond acceptors (Lipinski definition) is 3. The quantitative estimate of drug-likeness (QED) is 0.822. The number of hydrogen-bond donors (Lipinski definition) is 1. The molecule has 0 unspecified atom stereocenters. The predicted octanol–water partition coefficient (Wildman–Crippen LogP) is 4.38. The highest BCUT2D eigenvalue weighted by Gasteiger charge is 2.46. The van der Waals surface area contributed by atoms with Crippen molar-refractivity contribution in [1.29, 1.82) is 0 Å². The minimum atomic E-state index is -4.26. The summed E-state index contributed by atoms with van der Waals surface area (Å²) in [6, 6.07) is 8.20. The second kappa shape index (κ2) is 6.67. The lowest BCUT2D eigenvalue weighted by atomic mass is 9.85. The summed E-state index contributed by atoms with van der Waals surface area (Å²) in [5.74, 6) is -0.500. The standard InChI is InChI=1S/C17H19F3N2O2/c1-4-24-15(23)14-9-13(21-22-14)12-7-5-11(6-8-12)10-16(2,3)17(18,19)20/h5-9H,4,10H2,1-3H3,(H,21,22). The van der Waals surface area contributed by atoms with Gasteiger partial charge in [0, 0.05) is 5.56 Å². The van der Waals surface area contributed by atoms with Crippen molar-refractivity contribution in [2.75, 3.05) is 6.61 Å². The number of carbonyl (C=O) groups excluding carboxylic acids is 1. The molecule has 0 fully saturated rings. The first kappa shape index (κ1) is 18.0. The van der Waals surface area contributed by atoms with Crippen LogP contribution in [-0.2, 0) is 11.2 Å². The highest BCUT2D eigenvalue weighted by atomic mass is 19.4. The first-order valence-corrected chi connectivity index (χ1v) is 7.52. The van der Waals surface area contributed by atoms with E-state index in [2.05, 4.69) is 10.2 Å². The summed E-state index contributed by atoms with van der Waals surface area (Å²) in [4.78, 5) is 11.6. The Labute approximate surface area is 138 Å². The fourth-order valence-electron chi connectivity index (χ4n) is 2.19. The minimum absolute atomic E-state index is 0.106. The van der Waals surface area contributed by atoms with Gasteiger partial charge in [-0.25, -0.2) is 4.79 Å². The smallest absolute Gasteiger partial charge is 0.394 e. The third-order valence-corrected chi connectivity index (χ3v) is 3.74. The van der Waals surface area contributed by atoms with E-state index in [0.717, 1.165) is 0 Å². The molecule has 7 heteroatoms. The van der Waals surface area contributed by atoms with Gasteiger partial charge in [-0.1, -0.05) is 38.1 Å². The van der Waals surface area contributed by atoms with Gasteiger partial charge in [-0.2, -0.15) is 18.3 Å². The Morgan fingerprint density at radius 3 is 2.38 bits per heavy atom. The van der Waals surface area contributed by atoms with Gasteiger partial charge in [-0.15, -0.1) is 0 Å². The molecule has 4 nitrogen and oxygen atoms in total. The Hall–Kier alpha value is -2.31. The zero-order valence-electron chi connectivity index (χ0n) is 13.7. The normalized spacial score (nSPS) is 12.2. The molecule has 1 heterocycles. The number of aromatic amines is 1. The van der Waals surface area contributed by atoms with Crippen LogP contribution < -0.4 is 0 Å². The number of aromatic nitrogens is 2. The third-order valence-electron chi connectivity index (χ3n) is 3.74. The number of alkyl halides is 3. The average Bonchev–Trinajstić information content (AvgIpc) is 2.96.